The van der Waals surface area contributed by atoms with E-state index >= 15 is 0 Å². The SMILES string of the molecule is Cc1cc(NS(=O)(=O)c2ccc(NC(=S)NC(=O)c3ccco3)cc2)no1. The van der Waals surface area contributed by atoms with E-state index in [-0.39, 0.29) is 21.6 Å². The summed E-state index contributed by atoms with van der Waals surface area (Å²) >= 11 is 5.05. The number of aromatic nitrogens is 1. The van der Waals surface area contributed by atoms with Gasteiger partial charge in [0.05, 0.1) is 11.2 Å². The number of thiocarbonyl (C=S) groups is 1. The first kappa shape index (κ1) is 18.6. The molecule has 3 N–H and O–H groups in total. The predicted octanol–water partition coefficient (Wildman–Crippen LogP) is 2.50. The summed E-state index contributed by atoms with van der Waals surface area (Å²) in [6, 6.07) is 10.3. The molecule has 0 radical (unpaired) electrons. The number of aryl methyl sites for hydroxylation is 1. The summed E-state index contributed by atoms with van der Waals surface area (Å²) in [7, 11) is -3.81. The van der Waals surface area contributed by atoms with E-state index in [4.69, 9.17) is 21.2 Å². The minimum absolute atomic E-state index is 0.0271. The van der Waals surface area contributed by atoms with Crippen molar-refractivity contribution in [2.24, 2.45) is 0 Å². The molecule has 3 rings (SSSR count). The van der Waals surface area contributed by atoms with Gasteiger partial charge in [-0.3, -0.25) is 14.8 Å². The van der Waals surface area contributed by atoms with Gasteiger partial charge in [0, 0.05) is 11.8 Å². The molecule has 0 spiro atoms. The van der Waals surface area contributed by atoms with Crippen molar-refractivity contribution in [2.75, 3.05) is 10.0 Å². The fourth-order valence-electron chi connectivity index (χ4n) is 2.06. The molecule has 0 aliphatic carbocycles. The number of amides is 1. The van der Waals surface area contributed by atoms with Crippen molar-refractivity contribution in [3.8, 4) is 0 Å². The van der Waals surface area contributed by atoms with E-state index in [9.17, 15) is 13.2 Å². The first-order valence-corrected chi connectivity index (χ1v) is 9.45. The molecule has 2 aromatic heterocycles. The van der Waals surface area contributed by atoms with Gasteiger partial charge in [0.2, 0.25) is 0 Å². The van der Waals surface area contributed by atoms with Crippen molar-refractivity contribution < 1.29 is 22.2 Å². The second-order valence-corrected chi connectivity index (χ2v) is 7.43. The van der Waals surface area contributed by atoms with Crippen LogP contribution in [0.25, 0.3) is 0 Å². The van der Waals surface area contributed by atoms with Gasteiger partial charge in [-0.05, 0) is 55.5 Å². The normalized spacial score (nSPS) is 11.0. The number of hydrogen-bond acceptors (Lipinski definition) is 7. The van der Waals surface area contributed by atoms with Crippen molar-refractivity contribution in [2.45, 2.75) is 11.8 Å². The summed E-state index contributed by atoms with van der Waals surface area (Å²) in [4.78, 5) is 11.9. The number of furan rings is 1. The maximum atomic E-state index is 12.3. The Kier molecular flexibility index (Phi) is 5.23. The van der Waals surface area contributed by atoms with Crippen LogP contribution in [0.1, 0.15) is 16.3 Å². The Labute approximate surface area is 159 Å². The highest BCUT2D eigenvalue weighted by Crippen LogP contribution is 2.18. The lowest BCUT2D eigenvalue weighted by molar-refractivity contribution is 0.0950. The second kappa shape index (κ2) is 7.60. The van der Waals surface area contributed by atoms with Crippen molar-refractivity contribution in [1.29, 1.82) is 0 Å². The molecule has 9 nitrogen and oxygen atoms in total. The molecule has 0 aliphatic rings. The summed E-state index contributed by atoms with van der Waals surface area (Å²) in [6.07, 6.45) is 1.37. The third kappa shape index (κ3) is 4.71. The van der Waals surface area contributed by atoms with Crippen LogP contribution < -0.4 is 15.4 Å². The molecule has 1 amide bonds. The van der Waals surface area contributed by atoms with Crippen molar-refractivity contribution >= 4 is 44.8 Å². The molecule has 0 saturated carbocycles. The highest BCUT2D eigenvalue weighted by molar-refractivity contribution is 7.92. The van der Waals surface area contributed by atoms with Crippen LogP contribution in [0, 0.1) is 6.92 Å². The Balaban J connectivity index is 1.62. The molecule has 11 heteroatoms. The van der Waals surface area contributed by atoms with E-state index in [0.29, 0.717) is 11.4 Å². The fourth-order valence-corrected chi connectivity index (χ4v) is 3.26. The van der Waals surface area contributed by atoms with Crippen LogP contribution >= 0.6 is 12.2 Å². The molecule has 27 heavy (non-hydrogen) atoms. The Bertz CT molecular complexity index is 1060. The summed E-state index contributed by atoms with van der Waals surface area (Å²) in [6.45, 7) is 1.65. The molecular weight excluding hydrogens is 392 g/mol. The lowest BCUT2D eigenvalue weighted by Crippen LogP contribution is -2.33. The molecule has 0 bridgehead atoms. The van der Waals surface area contributed by atoms with Gasteiger partial charge in [-0.25, -0.2) is 8.42 Å². The number of rotatable bonds is 5. The largest absolute Gasteiger partial charge is 0.459 e. The quantitative estimate of drug-likeness (QED) is 0.552. The first-order valence-electron chi connectivity index (χ1n) is 7.55. The Hall–Kier alpha value is -3.18. The number of sulfonamides is 1. The van der Waals surface area contributed by atoms with Gasteiger partial charge in [-0.1, -0.05) is 5.16 Å². The van der Waals surface area contributed by atoms with Crippen LogP contribution in [0.3, 0.4) is 0 Å². The van der Waals surface area contributed by atoms with Gasteiger partial charge in [0.15, 0.2) is 16.7 Å². The molecule has 0 atom stereocenters. The lowest BCUT2D eigenvalue weighted by atomic mass is 10.3. The zero-order chi connectivity index (χ0) is 19.4. The van der Waals surface area contributed by atoms with Gasteiger partial charge in [0.1, 0.15) is 5.76 Å². The molecule has 140 valence electrons. The van der Waals surface area contributed by atoms with Gasteiger partial charge in [0.25, 0.3) is 15.9 Å². The third-order valence-corrected chi connectivity index (χ3v) is 4.84. The molecule has 2 heterocycles. The van der Waals surface area contributed by atoms with Crippen LogP contribution in [0.15, 0.2) is 62.6 Å². The van der Waals surface area contributed by atoms with Crippen LogP contribution in [0.2, 0.25) is 0 Å². The molecule has 0 aliphatic heterocycles. The monoisotopic (exact) mass is 406 g/mol. The van der Waals surface area contributed by atoms with E-state index in [1.807, 2.05) is 0 Å². The first-order chi connectivity index (χ1) is 12.8. The molecule has 0 fully saturated rings. The number of anilines is 2. The average Bonchev–Trinajstić information content (AvgIpc) is 3.27. The average molecular weight is 406 g/mol. The summed E-state index contributed by atoms with van der Waals surface area (Å²) in [5.74, 6) is 0.201. The van der Waals surface area contributed by atoms with E-state index in [2.05, 4.69) is 20.5 Å². The van der Waals surface area contributed by atoms with Gasteiger partial charge in [-0.15, -0.1) is 0 Å². The minimum atomic E-state index is -3.81. The minimum Gasteiger partial charge on any atom is -0.459 e. The maximum absolute atomic E-state index is 12.3. The summed E-state index contributed by atoms with van der Waals surface area (Å²) < 4.78 is 36.7. The van der Waals surface area contributed by atoms with E-state index in [0.717, 1.165) is 0 Å². The number of nitrogens with zero attached hydrogens (tertiary/aromatic N) is 1. The number of nitrogens with one attached hydrogen (secondary N) is 3. The second-order valence-electron chi connectivity index (χ2n) is 5.34. The smallest absolute Gasteiger partial charge is 0.293 e. The summed E-state index contributed by atoms with van der Waals surface area (Å²) in [5.41, 5.74) is 0.496. The highest BCUT2D eigenvalue weighted by atomic mass is 32.2. The number of carbonyl (C=O) groups excluding carboxylic acids is 1. The number of carbonyl (C=O) groups is 1. The van der Waals surface area contributed by atoms with E-state index < -0.39 is 15.9 Å². The predicted molar refractivity (Wildman–Crippen MR) is 101 cm³/mol. The van der Waals surface area contributed by atoms with Crippen molar-refractivity contribution in [3.05, 3.63) is 60.2 Å². The maximum Gasteiger partial charge on any atom is 0.293 e. The van der Waals surface area contributed by atoms with Crippen LogP contribution in [-0.4, -0.2) is 24.6 Å². The van der Waals surface area contributed by atoms with E-state index in [1.54, 1.807) is 13.0 Å². The highest BCUT2D eigenvalue weighted by Gasteiger charge is 2.16. The molecule has 3 aromatic rings. The number of benzene rings is 1. The Morgan fingerprint density at radius 2 is 1.93 bits per heavy atom. The molecule has 0 saturated heterocycles. The van der Waals surface area contributed by atoms with Gasteiger partial charge in [-0.2, -0.15) is 0 Å². The Morgan fingerprint density at radius 1 is 1.19 bits per heavy atom. The third-order valence-electron chi connectivity index (χ3n) is 3.26. The summed E-state index contributed by atoms with van der Waals surface area (Å²) in [5, 5.41) is 8.86. The van der Waals surface area contributed by atoms with Crippen LogP contribution in [-0.2, 0) is 10.0 Å². The number of hydrogen-bond donors (Lipinski definition) is 3. The van der Waals surface area contributed by atoms with E-state index in [1.165, 1.54) is 42.7 Å². The van der Waals surface area contributed by atoms with Crippen molar-refractivity contribution in [3.63, 3.8) is 0 Å². The lowest BCUT2D eigenvalue weighted by Gasteiger charge is -2.10. The fraction of sp³-hybridized carbons (Fsp3) is 0.0625. The molecule has 1 aromatic carbocycles. The van der Waals surface area contributed by atoms with Gasteiger partial charge >= 0.3 is 0 Å². The zero-order valence-electron chi connectivity index (χ0n) is 13.9. The Morgan fingerprint density at radius 3 is 2.52 bits per heavy atom. The van der Waals surface area contributed by atoms with Crippen LogP contribution in [0.4, 0.5) is 11.5 Å². The van der Waals surface area contributed by atoms with Gasteiger partial charge < -0.3 is 14.3 Å². The van der Waals surface area contributed by atoms with Crippen LogP contribution in [0.5, 0.6) is 0 Å². The standard InChI is InChI=1S/C16H14N4O5S2/c1-10-9-14(19-25-10)20-27(22,23)12-6-4-11(5-7-12)17-16(26)18-15(21)13-3-2-8-24-13/h2-9H,1H3,(H,19,20)(H2,17,18,21,26). The topological polar surface area (TPSA) is 126 Å². The molecular formula is C16H14N4O5S2. The zero-order valence-corrected chi connectivity index (χ0v) is 15.6. The van der Waals surface area contributed by atoms with Crippen molar-refractivity contribution in [1.82, 2.24) is 10.5 Å². The molecule has 0 unspecified atom stereocenters.